The summed E-state index contributed by atoms with van der Waals surface area (Å²) in [6, 6.07) is 8.78. The van der Waals surface area contributed by atoms with E-state index in [4.69, 9.17) is 5.73 Å². The van der Waals surface area contributed by atoms with Gasteiger partial charge in [0.15, 0.2) is 0 Å². The molecule has 0 saturated carbocycles. The van der Waals surface area contributed by atoms with Crippen LogP contribution in [0.5, 0.6) is 0 Å². The predicted octanol–water partition coefficient (Wildman–Crippen LogP) is 3.28. The monoisotopic (exact) mass is 358 g/mol. The van der Waals surface area contributed by atoms with Crippen molar-refractivity contribution in [1.29, 1.82) is 0 Å². The molecule has 0 aliphatic carbocycles. The summed E-state index contributed by atoms with van der Waals surface area (Å²) in [5.41, 5.74) is 6.22. The first-order chi connectivity index (χ1) is 9.33. The van der Waals surface area contributed by atoms with Gasteiger partial charge in [-0.25, -0.2) is 12.8 Å². The lowest BCUT2D eigenvalue weighted by Gasteiger charge is -2.13. The van der Waals surface area contributed by atoms with E-state index in [-0.39, 0.29) is 4.90 Å². The van der Waals surface area contributed by atoms with E-state index in [9.17, 15) is 12.8 Å². The molecule has 2 rings (SSSR count). The molecule has 0 aliphatic rings. The third kappa shape index (κ3) is 2.78. The van der Waals surface area contributed by atoms with Crippen LogP contribution in [0, 0.1) is 12.7 Å². The molecule has 0 aliphatic heterocycles. The smallest absolute Gasteiger partial charge is 0.264 e. The first-order valence-electron chi connectivity index (χ1n) is 5.65. The standard InChI is InChI=1S/C13H12BrFN2O2S/c1-8-9(14)4-2-6-11(8)17-20(18,19)12-7-3-5-10(15)13(12)16/h2-7,17H,16H2,1H3. The second-order valence-corrected chi connectivity index (χ2v) is 6.67. The van der Waals surface area contributed by atoms with Crippen LogP contribution in [0.25, 0.3) is 0 Å². The zero-order chi connectivity index (χ0) is 14.9. The van der Waals surface area contributed by atoms with Crippen molar-refractivity contribution < 1.29 is 12.8 Å². The van der Waals surface area contributed by atoms with Crippen molar-refractivity contribution in [2.75, 3.05) is 10.5 Å². The SMILES string of the molecule is Cc1c(Br)cccc1NS(=O)(=O)c1cccc(F)c1N. The number of halogens is 2. The quantitative estimate of drug-likeness (QED) is 0.827. The van der Waals surface area contributed by atoms with Gasteiger partial charge in [-0.2, -0.15) is 0 Å². The number of rotatable bonds is 3. The van der Waals surface area contributed by atoms with Crippen LogP contribution in [-0.2, 0) is 10.0 Å². The van der Waals surface area contributed by atoms with E-state index in [1.807, 2.05) is 0 Å². The van der Waals surface area contributed by atoms with Crippen LogP contribution in [0.1, 0.15) is 5.56 Å². The molecule has 2 aromatic carbocycles. The average Bonchev–Trinajstić information content (AvgIpc) is 2.38. The van der Waals surface area contributed by atoms with Crippen molar-refractivity contribution in [3.05, 3.63) is 52.3 Å². The molecule has 4 nitrogen and oxygen atoms in total. The number of anilines is 2. The van der Waals surface area contributed by atoms with Gasteiger partial charge in [-0.05, 0) is 36.8 Å². The lowest BCUT2D eigenvalue weighted by atomic mass is 10.2. The molecule has 20 heavy (non-hydrogen) atoms. The molecule has 106 valence electrons. The molecule has 0 saturated heterocycles. The van der Waals surface area contributed by atoms with Crippen LogP contribution in [0.2, 0.25) is 0 Å². The van der Waals surface area contributed by atoms with E-state index in [2.05, 4.69) is 20.7 Å². The lowest BCUT2D eigenvalue weighted by Crippen LogP contribution is -2.16. The van der Waals surface area contributed by atoms with Crippen molar-refractivity contribution in [2.45, 2.75) is 11.8 Å². The summed E-state index contributed by atoms with van der Waals surface area (Å²) in [6.07, 6.45) is 0. The van der Waals surface area contributed by atoms with Crippen molar-refractivity contribution in [1.82, 2.24) is 0 Å². The summed E-state index contributed by atoms with van der Waals surface area (Å²) < 4.78 is 41.1. The molecule has 0 amide bonds. The van der Waals surface area contributed by atoms with Crippen molar-refractivity contribution in [3.63, 3.8) is 0 Å². The number of para-hydroxylation sites is 1. The molecule has 2 aromatic rings. The highest BCUT2D eigenvalue weighted by atomic mass is 79.9. The molecule has 0 spiro atoms. The topological polar surface area (TPSA) is 72.2 Å². The highest BCUT2D eigenvalue weighted by Crippen LogP contribution is 2.28. The highest BCUT2D eigenvalue weighted by Gasteiger charge is 2.20. The molecular formula is C13H12BrFN2O2S. The fourth-order valence-electron chi connectivity index (χ4n) is 1.67. The number of sulfonamides is 1. The fraction of sp³-hybridized carbons (Fsp3) is 0.0769. The van der Waals surface area contributed by atoms with Crippen LogP contribution in [-0.4, -0.2) is 8.42 Å². The Labute approximate surface area is 125 Å². The summed E-state index contributed by atoms with van der Waals surface area (Å²) in [5.74, 6) is -0.765. The first kappa shape index (κ1) is 14.8. The largest absolute Gasteiger partial charge is 0.395 e. The second-order valence-electron chi connectivity index (χ2n) is 4.17. The summed E-state index contributed by atoms with van der Waals surface area (Å²) in [6.45, 7) is 1.76. The Morgan fingerprint density at radius 1 is 1.20 bits per heavy atom. The summed E-state index contributed by atoms with van der Waals surface area (Å²) in [4.78, 5) is -0.281. The molecule has 3 N–H and O–H groups in total. The third-order valence-corrected chi connectivity index (χ3v) is 5.10. The van der Waals surface area contributed by atoms with Gasteiger partial charge in [-0.3, -0.25) is 4.72 Å². The van der Waals surface area contributed by atoms with Gasteiger partial charge < -0.3 is 5.73 Å². The Hall–Kier alpha value is -1.60. The van der Waals surface area contributed by atoms with E-state index < -0.39 is 21.5 Å². The first-order valence-corrected chi connectivity index (χ1v) is 7.92. The average molecular weight is 359 g/mol. The van der Waals surface area contributed by atoms with Crippen LogP contribution >= 0.6 is 15.9 Å². The zero-order valence-electron chi connectivity index (χ0n) is 10.5. The zero-order valence-corrected chi connectivity index (χ0v) is 12.9. The van der Waals surface area contributed by atoms with Crippen LogP contribution in [0.3, 0.4) is 0 Å². The maximum atomic E-state index is 13.4. The summed E-state index contributed by atoms with van der Waals surface area (Å²) in [5, 5.41) is 0. The third-order valence-electron chi connectivity index (χ3n) is 2.81. The Kier molecular flexibility index (Phi) is 4.01. The fourth-order valence-corrected chi connectivity index (χ4v) is 3.30. The Balaban J connectivity index is 2.47. The van der Waals surface area contributed by atoms with Gasteiger partial charge in [0, 0.05) is 4.47 Å². The van der Waals surface area contributed by atoms with Gasteiger partial charge in [0.1, 0.15) is 10.7 Å². The predicted molar refractivity (Wildman–Crippen MR) is 80.5 cm³/mol. The number of nitrogens with one attached hydrogen (secondary N) is 1. The number of hydrogen-bond acceptors (Lipinski definition) is 3. The Bertz CT molecular complexity index is 763. The molecular weight excluding hydrogens is 347 g/mol. The number of nitrogens with two attached hydrogens (primary N) is 1. The minimum Gasteiger partial charge on any atom is -0.395 e. The van der Waals surface area contributed by atoms with Crippen molar-refractivity contribution in [3.8, 4) is 0 Å². The summed E-state index contributed by atoms with van der Waals surface area (Å²) in [7, 11) is -3.94. The van der Waals surface area contributed by atoms with Gasteiger partial charge in [0.05, 0.1) is 11.4 Å². The molecule has 0 unspecified atom stereocenters. The molecule has 0 bridgehead atoms. The number of hydrogen-bond donors (Lipinski definition) is 2. The molecule has 0 heterocycles. The Morgan fingerprint density at radius 2 is 1.85 bits per heavy atom. The van der Waals surface area contributed by atoms with Gasteiger partial charge >= 0.3 is 0 Å². The van der Waals surface area contributed by atoms with Crippen LogP contribution in [0.15, 0.2) is 45.8 Å². The minimum atomic E-state index is -3.94. The number of benzene rings is 2. The molecule has 7 heteroatoms. The normalized spacial score (nSPS) is 11.3. The lowest BCUT2D eigenvalue weighted by molar-refractivity contribution is 0.597. The van der Waals surface area contributed by atoms with Crippen molar-refractivity contribution in [2.24, 2.45) is 0 Å². The number of nitrogen functional groups attached to an aromatic ring is 1. The molecule has 0 fully saturated rings. The van der Waals surface area contributed by atoms with Gasteiger partial charge in [-0.1, -0.05) is 28.1 Å². The van der Waals surface area contributed by atoms with E-state index in [1.54, 1.807) is 25.1 Å². The van der Waals surface area contributed by atoms with Crippen LogP contribution < -0.4 is 10.5 Å². The van der Waals surface area contributed by atoms with Gasteiger partial charge in [0.2, 0.25) is 0 Å². The summed E-state index contributed by atoms with van der Waals surface area (Å²) >= 11 is 3.32. The van der Waals surface area contributed by atoms with Gasteiger partial charge in [-0.15, -0.1) is 0 Å². The van der Waals surface area contributed by atoms with E-state index in [0.29, 0.717) is 5.69 Å². The molecule has 0 atom stereocenters. The molecule has 0 aromatic heterocycles. The highest BCUT2D eigenvalue weighted by molar-refractivity contribution is 9.10. The van der Waals surface area contributed by atoms with Crippen LogP contribution in [0.4, 0.5) is 15.8 Å². The van der Waals surface area contributed by atoms with E-state index in [0.717, 1.165) is 16.1 Å². The molecule has 0 radical (unpaired) electrons. The van der Waals surface area contributed by atoms with E-state index in [1.165, 1.54) is 12.1 Å². The van der Waals surface area contributed by atoms with Crippen molar-refractivity contribution >= 4 is 37.3 Å². The van der Waals surface area contributed by atoms with Gasteiger partial charge in [0.25, 0.3) is 10.0 Å². The minimum absolute atomic E-state index is 0.281. The maximum Gasteiger partial charge on any atom is 0.264 e. The maximum absolute atomic E-state index is 13.4. The Morgan fingerprint density at radius 3 is 2.55 bits per heavy atom. The second kappa shape index (κ2) is 5.41. The van der Waals surface area contributed by atoms with E-state index >= 15 is 0 Å².